The molecule has 6 aromatic rings. The summed E-state index contributed by atoms with van der Waals surface area (Å²) in [5, 5.41) is 2.95. The summed E-state index contributed by atoms with van der Waals surface area (Å²) in [6.45, 7) is 42.3. The van der Waals surface area contributed by atoms with E-state index in [0.717, 1.165) is 0 Å². The molecule has 70 heavy (non-hydrogen) atoms. The topological polar surface area (TPSA) is 0 Å². The van der Waals surface area contributed by atoms with Crippen molar-refractivity contribution >= 4 is 52.3 Å². The monoisotopic (exact) mass is 1060 g/mol. The van der Waals surface area contributed by atoms with Crippen molar-refractivity contribution in [2.24, 2.45) is 0 Å². The molecule has 9 rings (SSSR count). The van der Waals surface area contributed by atoms with Gasteiger partial charge in [-0.2, -0.15) is 0 Å². The van der Waals surface area contributed by atoms with E-state index in [-0.39, 0.29) is 28.9 Å². The summed E-state index contributed by atoms with van der Waals surface area (Å²) < 4.78 is 0.974. The molecular formula is C66H79Cl2SiZr. The van der Waals surface area contributed by atoms with Crippen LogP contribution in [-0.4, -0.2) is 9.52 Å². The van der Waals surface area contributed by atoms with Crippen molar-refractivity contribution in [2.75, 3.05) is 0 Å². The molecule has 365 valence electrons. The molecule has 2 unspecified atom stereocenters. The molecule has 0 saturated heterocycles. The minimum atomic E-state index is -5.73. The molecule has 0 aromatic heterocycles. The Kier molecular flexibility index (Phi) is 12.7. The Bertz CT molecular complexity index is 2950. The predicted molar refractivity (Wildman–Crippen MR) is 311 cm³/mol. The fraction of sp³-hybridized carbons (Fsp3) is 0.394. The molecule has 0 amide bonds. The van der Waals surface area contributed by atoms with Crippen LogP contribution in [0.2, 0.25) is 0 Å². The Morgan fingerprint density at radius 1 is 0.471 bits per heavy atom. The SMILES string of the molecule is CC1=Cc2c(ccc(C(C)C)c2-c2cc(C(C)(C)C)cc(C(C)(C)C)c2)[CH]1[Zr]([Cl])([Cl])([c]1cccc2c1[SiH2]c1ccccc1-2)[CH]1C(C)=Cc2c1ccc(C(C)C)c2-c1cc(C(C)(C)C)cc(C(C)(C)C)c1. The van der Waals surface area contributed by atoms with Crippen LogP contribution in [0, 0.1) is 0 Å². The van der Waals surface area contributed by atoms with E-state index in [0.29, 0.717) is 11.8 Å². The van der Waals surface area contributed by atoms with E-state index < -0.39 is 25.9 Å². The Hall–Kier alpha value is -3.52. The summed E-state index contributed by atoms with van der Waals surface area (Å²) in [7, 11) is 18.0. The first-order chi connectivity index (χ1) is 32.4. The standard InChI is InChI=1S/2C27H35.C12H9Si.2ClH.Zr/c2*1-17(2)23-11-10-19-12-18(3)13-24(19)25(23)20-14-21(26(4,5)6)16-22(15-20)27(7,8)9;1-3-7-11-9(5-1)10-6-2-4-8-12(10)13-11;;;/h2*10-17H,1-9H3;1-7H,13H2;2*1H;/q;;;;;+2/p-2. The number of halogens is 2. The van der Waals surface area contributed by atoms with Gasteiger partial charge in [0.05, 0.1) is 0 Å². The van der Waals surface area contributed by atoms with Gasteiger partial charge in [-0.15, -0.1) is 0 Å². The predicted octanol–water partition coefficient (Wildman–Crippen LogP) is 17.5. The van der Waals surface area contributed by atoms with E-state index in [9.17, 15) is 17.0 Å². The van der Waals surface area contributed by atoms with Crippen LogP contribution in [0.15, 0.2) is 114 Å². The van der Waals surface area contributed by atoms with Crippen LogP contribution in [0.1, 0.15) is 199 Å². The molecular weight excluding hydrogens is 983 g/mol. The summed E-state index contributed by atoms with van der Waals surface area (Å²) >= 11 is -5.73. The van der Waals surface area contributed by atoms with Crippen molar-refractivity contribution in [3.05, 3.63) is 170 Å². The van der Waals surface area contributed by atoms with Crippen LogP contribution in [0.5, 0.6) is 0 Å². The van der Waals surface area contributed by atoms with Crippen LogP contribution in [0.4, 0.5) is 0 Å². The van der Waals surface area contributed by atoms with Crippen LogP contribution in [0.3, 0.4) is 0 Å². The Morgan fingerprint density at radius 3 is 1.24 bits per heavy atom. The molecule has 0 saturated carbocycles. The third-order valence-electron chi connectivity index (χ3n) is 16.5. The molecule has 1 heterocycles. The van der Waals surface area contributed by atoms with Gasteiger partial charge in [-0.05, 0) is 0 Å². The van der Waals surface area contributed by atoms with Gasteiger partial charge in [0.25, 0.3) is 0 Å². The van der Waals surface area contributed by atoms with Gasteiger partial charge in [-0.1, -0.05) is 0 Å². The van der Waals surface area contributed by atoms with Crippen LogP contribution in [0.25, 0.3) is 45.5 Å². The van der Waals surface area contributed by atoms with Crippen molar-refractivity contribution in [1.82, 2.24) is 0 Å². The number of hydrogen-bond donors (Lipinski definition) is 0. The first kappa shape index (κ1) is 51.4. The zero-order valence-electron chi connectivity index (χ0n) is 45.7. The summed E-state index contributed by atoms with van der Waals surface area (Å²) in [5.41, 5.74) is 23.9. The Balaban J connectivity index is 1.37. The van der Waals surface area contributed by atoms with Gasteiger partial charge in [0, 0.05) is 0 Å². The van der Waals surface area contributed by atoms with E-state index in [1.54, 1.807) is 0 Å². The van der Waals surface area contributed by atoms with Crippen molar-refractivity contribution in [2.45, 2.75) is 165 Å². The second-order valence-electron chi connectivity index (χ2n) is 26.4. The summed E-state index contributed by atoms with van der Waals surface area (Å²) in [6.07, 6.45) is 5.03. The molecule has 2 atom stereocenters. The number of allylic oxidation sites excluding steroid dienone is 2. The molecule has 6 aromatic carbocycles. The minimum absolute atomic E-state index is 0.0201. The quantitative estimate of drug-likeness (QED) is 0.140. The van der Waals surface area contributed by atoms with Crippen molar-refractivity contribution in [3.63, 3.8) is 0 Å². The van der Waals surface area contributed by atoms with E-state index in [4.69, 9.17) is 0 Å². The maximum atomic E-state index is 9.46. The maximum absolute atomic E-state index is 9.46. The molecule has 0 fully saturated rings. The van der Waals surface area contributed by atoms with E-state index >= 15 is 0 Å². The summed E-state index contributed by atoms with van der Waals surface area (Å²) in [4.78, 5) is 0. The molecule has 0 bridgehead atoms. The van der Waals surface area contributed by atoms with Gasteiger partial charge in [-0.25, -0.2) is 0 Å². The molecule has 4 heteroatoms. The molecule has 0 radical (unpaired) electrons. The molecule has 1 aliphatic heterocycles. The second-order valence-corrected chi connectivity index (χ2v) is 48.9. The van der Waals surface area contributed by atoms with Gasteiger partial charge in [0.2, 0.25) is 0 Å². The number of hydrogen-bond acceptors (Lipinski definition) is 0. The zero-order valence-corrected chi connectivity index (χ0v) is 51.1. The average molecular weight is 1060 g/mol. The normalized spacial score (nSPS) is 17.9. The van der Waals surface area contributed by atoms with E-state index in [1.165, 1.54) is 114 Å². The molecule has 0 spiro atoms. The fourth-order valence-corrected chi connectivity index (χ4v) is 41.4. The first-order valence-electron chi connectivity index (χ1n) is 26.2. The van der Waals surface area contributed by atoms with Crippen molar-refractivity contribution in [1.29, 1.82) is 0 Å². The number of benzene rings is 6. The molecule has 0 N–H and O–H groups in total. The molecule has 0 nitrogen and oxygen atoms in total. The summed E-state index contributed by atoms with van der Waals surface area (Å²) in [6, 6.07) is 40.8. The second kappa shape index (κ2) is 17.3. The van der Waals surface area contributed by atoms with Gasteiger partial charge < -0.3 is 0 Å². The third kappa shape index (κ3) is 8.44. The van der Waals surface area contributed by atoms with Gasteiger partial charge in [0.1, 0.15) is 0 Å². The number of rotatable bonds is 7. The fourth-order valence-electron chi connectivity index (χ4n) is 12.6. The third-order valence-corrected chi connectivity index (χ3v) is 39.7. The van der Waals surface area contributed by atoms with Crippen LogP contribution in [-0.2, 0) is 38.1 Å². The van der Waals surface area contributed by atoms with Gasteiger partial charge in [0.15, 0.2) is 0 Å². The van der Waals surface area contributed by atoms with Crippen LogP contribution >= 0.6 is 17.0 Å². The van der Waals surface area contributed by atoms with Gasteiger partial charge in [-0.3, -0.25) is 0 Å². The van der Waals surface area contributed by atoms with Crippen LogP contribution < -0.4 is 13.6 Å². The summed E-state index contributed by atoms with van der Waals surface area (Å²) in [5.74, 6) is 0.633. The average Bonchev–Trinajstić information content (AvgIpc) is 3.94. The van der Waals surface area contributed by atoms with Crippen molar-refractivity contribution in [3.8, 4) is 33.4 Å². The first-order valence-corrected chi connectivity index (χ1v) is 38.0. The Morgan fingerprint density at radius 2 is 0.857 bits per heavy atom. The van der Waals surface area contributed by atoms with Crippen molar-refractivity contribution < 1.29 is 16.4 Å². The Labute approximate surface area is 433 Å². The number of fused-ring (bicyclic) bond motifs is 5. The van der Waals surface area contributed by atoms with Gasteiger partial charge >= 0.3 is 437 Å². The molecule has 3 aliphatic rings. The van der Waals surface area contributed by atoms with E-state index in [2.05, 4.69) is 240 Å². The van der Waals surface area contributed by atoms with E-state index in [1.807, 2.05) is 0 Å². The zero-order chi connectivity index (χ0) is 51.0. The molecule has 2 aliphatic carbocycles.